The van der Waals surface area contributed by atoms with E-state index in [2.05, 4.69) is 54.5 Å². The first-order valence-electron chi connectivity index (χ1n) is 9.82. The van der Waals surface area contributed by atoms with Gasteiger partial charge in [0.25, 0.3) is 0 Å². The average molecular weight is 370 g/mol. The van der Waals surface area contributed by atoms with Crippen LogP contribution in [-0.2, 0) is 4.74 Å². The van der Waals surface area contributed by atoms with Crippen LogP contribution in [0.25, 0.3) is 10.8 Å². The van der Waals surface area contributed by atoms with Crippen molar-refractivity contribution in [3.63, 3.8) is 0 Å². The van der Waals surface area contributed by atoms with Crippen molar-refractivity contribution in [1.82, 2.24) is 15.1 Å². The van der Waals surface area contributed by atoms with E-state index in [-0.39, 0.29) is 18.1 Å². The molecule has 0 saturated carbocycles. The number of fused-ring (bicyclic) bond motifs is 1. The highest BCUT2D eigenvalue weighted by Crippen LogP contribution is 2.24. The van der Waals surface area contributed by atoms with Crippen LogP contribution in [0.1, 0.15) is 31.4 Å². The maximum atomic E-state index is 13.1. The number of nitrogens with zero attached hydrogens (tertiary/aromatic N) is 2. The third-order valence-electron chi connectivity index (χ3n) is 5.56. The Hall–Kier alpha value is -2.11. The fourth-order valence-corrected chi connectivity index (χ4v) is 3.92. The Bertz CT molecular complexity index is 751. The lowest BCUT2D eigenvalue weighted by Crippen LogP contribution is -2.51. The Kier molecular flexibility index (Phi) is 6.69. The Morgan fingerprint density at radius 3 is 2.67 bits per heavy atom. The third kappa shape index (κ3) is 4.79. The van der Waals surface area contributed by atoms with Crippen LogP contribution in [0.4, 0.5) is 4.79 Å². The number of carbonyl (C=O) groups excluding carboxylic acids is 1. The number of rotatable bonds is 6. The average Bonchev–Trinajstić information content (AvgIpc) is 2.69. The number of urea groups is 1. The van der Waals surface area contributed by atoms with Crippen LogP contribution in [0.2, 0.25) is 0 Å². The lowest BCUT2D eigenvalue weighted by atomic mass is 9.99. The molecule has 1 heterocycles. The van der Waals surface area contributed by atoms with Crippen LogP contribution >= 0.6 is 0 Å². The van der Waals surface area contributed by atoms with E-state index in [4.69, 9.17) is 4.74 Å². The van der Waals surface area contributed by atoms with Crippen LogP contribution in [0.5, 0.6) is 0 Å². The second-order valence-electron chi connectivity index (χ2n) is 7.46. The van der Waals surface area contributed by atoms with Crippen molar-refractivity contribution in [3.05, 3.63) is 48.0 Å². The smallest absolute Gasteiger partial charge is 0.318 e. The predicted octanol–water partition coefficient (Wildman–Crippen LogP) is 3.65. The lowest BCUT2D eigenvalue weighted by molar-refractivity contribution is 0.100. The van der Waals surface area contributed by atoms with Gasteiger partial charge in [-0.3, -0.25) is 0 Å². The predicted molar refractivity (Wildman–Crippen MR) is 110 cm³/mol. The van der Waals surface area contributed by atoms with E-state index in [0.29, 0.717) is 13.2 Å². The molecule has 0 spiro atoms. The van der Waals surface area contributed by atoms with Crippen molar-refractivity contribution >= 4 is 16.8 Å². The standard InChI is InChI=1S/C22H31N3O2/c1-17(20-10-6-8-18-7-4-5-9-21(18)20)23-22(26)25(15-16-27-3)19-11-13-24(2)14-12-19/h4-10,17,19H,11-16H2,1-3H3,(H,23,26). The first kappa shape index (κ1) is 19.6. The van der Waals surface area contributed by atoms with E-state index in [1.54, 1.807) is 7.11 Å². The molecule has 1 atom stereocenters. The number of ether oxygens (including phenoxy) is 1. The van der Waals surface area contributed by atoms with Crippen molar-refractivity contribution in [2.75, 3.05) is 40.4 Å². The summed E-state index contributed by atoms with van der Waals surface area (Å²) in [5.41, 5.74) is 1.15. The zero-order chi connectivity index (χ0) is 19.2. The molecule has 1 unspecified atom stereocenters. The van der Waals surface area contributed by atoms with Gasteiger partial charge >= 0.3 is 6.03 Å². The molecular formula is C22H31N3O2. The minimum atomic E-state index is -0.0556. The molecule has 3 rings (SSSR count). The fraction of sp³-hybridized carbons (Fsp3) is 0.500. The molecule has 146 valence electrons. The molecule has 1 aliphatic heterocycles. The monoisotopic (exact) mass is 369 g/mol. The van der Waals surface area contributed by atoms with Gasteiger partial charge in [0, 0.05) is 19.7 Å². The van der Waals surface area contributed by atoms with Crippen molar-refractivity contribution in [2.45, 2.75) is 31.8 Å². The normalized spacial score (nSPS) is 17.0. The minimum absolute atomic E-state index is 0.00189. The van der Waals surface area contributed by atoms with Crippen molar-refractivity contribution in [3.8, 4) is 0 Å². The first-order valence-corrected chi connectivity index (χ1v) is 9.82. The largest absolute Gasteiger partial charge is 0.383 e. The Morgan fingerprint density at radius 1 is 1.22 bits per heavy atom. The Morgan fingerprint density at radius 2 is 1.93 bits per heavy atom. The molecule has 27 heavy (non-hydrogen) atoms. The third-order valence-corrected chi connectivity index (χ3v) is 5.56. The van der Waals surface area contributed by atoms with Gasteiger partial charge in [-0.1, -0.05) is 42.5 Å². The summed E-state index contributed by atoms with van der Waals surface area (Å²) in [4.78, 5) is 17.4. The minimum Gasteiger partial charge on any atom is -0.383 e. The van der Waals surface area contributed by atoms with Gasteiger partial charge in [-0.15, -0.1) is 0 Å². The molecule has 5 heteroatoms. The van der Waals surface area contributed by atoms with E-state index in [1.807, 2.05) is 17.0 Å². The number of hydrogen-bond acceptors (Lipinski definition) is 3. The number of likely N-dealkylation sites (tertiary alicyclic amines) is 1. The van der Waals surface area contributed by atoms with Crippen molar-refractivity contribution < 1.29 is 9.53 Å². The van der Waals surface area contributed by atoms with Gasteiger partial charge in [0.1, 0.15) is 0 Å². The van der Waals surface area contributed by atoms with Crippen LogP contribution in [0.3, 0.4) is 0 Å². The second-order valence-corrected chi connectivity index (χ2v) is 7.46. The number of methoxy groups -OCH3 is 1. The SMILES string of the molecule is COCCN(C(=O)NC(C)c1cccc2ccccc12)C1CCN(C)CC1. The van der Waals surface area contributed by atoms with Crippen molar-refractivity contribution in [2.24, 2.45) is 0 Å². The van der Waals surface area contributed by atoms with Crippen molar-refractivity contribution in [1.29, 1.82) is 0 Å². The molecule has 2 aromatic rings. The summed E-state index contributed by atoms with van der Waals surface area (Å²) in [5, 5.41) is 5.61. The number of benzene rings is 2. The fourth-order valence-electron chi connectivity index (χ4n) is 3.92. The quantitative estimate of drug-likeness (QED) is 0.845. The molecule has 0 aliphatic carbocycles. The summed E-state index contributed by atoms with van der Waals surface area (Å²) >= 11 is 0. The molecule has 5 nitrogen and oxygen atoms in total. The topological polar surface area (TPSA) is 44.8 Å². The Balaban J connectivity index is 1.73. The van der Waals surface area contributed by atoms with Crippen LogP contribution in [0.15, 0.2) is 42.5 Å². The maximum Gasteiger partial charge on any atom is 0.318 e. The van der Waals surface area contributed by atoms with E-state index in [0.717, 1.165) is 31.5 Å². The van der Waals surface area contributed by atoms with Gasteiger partial charge in [0.15, 0.2) is 0 Å². The highest BCUT2D eigenvalue weighted by molar-refractivity contribution is 5.86. The summed E-state index contributed by atoms with van der Waals surface area (Å²) in [5.74, 6) is 0. The summed E-state index contributed by atoms with van der Waals surface area (Å²) in [6.45, 7) is 5.30. The number of amides is 2. The van der Waals surface area contributed by atoms with E-state index in [1.165, 1.54) is 10.8 Å². The van der Waals surface area contributed by atoms with Gasteiger partial charge in [-0.05, 0) is 56.2 Å². The Labute approximate surface area is 162 Å². The summed E-state index contributed by atoms with van der Waals surface area (Å²) in [6.07, 6.45) is 2.02. The molecule has 1 saturated heterocycles. The highest BCUT2D eigenvalue weighted by atomic mass is 16.5. The molecule has 0 aromatic heterocycles. The number of nitrogens with one attached hydrogen (secondary N) is 1. The van der Waals surface area contributed by atoms with Gasteiger partial charge in [-0.2, -0.15) is 0 Å². The molecule has 2 amide bonds. The zero-order valence-corrected chi connectivity index (χ0v) is 16.6. The molecule has 0 radical (unpaired) electrons. The van der Waals surface area contributed by atoms with E-state index >= 15 is 0 Å². The molecule has 0 bridgehead atoms. The van der Waals surface area contributed by atoms with Gasteiger partial charge in [-0.25, -0.2) is 4.79 Å². The van der Waals surface area contributed by atoms with E-state index < -0.39 is 0 Å². The molecular weight excluding hydrogens is 338 g/mol. The van der Waals surface area contributed by atoms with Crippen LogP contribution in [-0.4, -0.2) is 62.3 Å². The number of hydrogen-bond donors (Lipinski definition) is 1. The summed E-state index contributed by atoms with van der Waals surface area (Å²) < 4.78 is 5.25. The zero-order valence-electron chi connectivity index (χ0n) is 16.6. The first-order chi connectivity index (χ1) is 13.1. The summed E-state index contributed by atoms with van der Waals surface area (Å²) in [7, 11) is 3.82. The molecule has 1 fully saturated rings. The van der Waals surface area contributed by atoms with E-state index in [9.17, 15) is 4.79 Å². The molecule has 2 aromatic carbocycles. The van der Waals surface area contributed by atoms with Crippen LogP contribution < -0.4 is 5.32 Å². The second kappa shape index (κ2) is 9.20. The summed E-state index contributed by atoms with van der Waals surface area (Å²) in [6, 6.07) is 14.8. The van der Waals surface area contributed by atoms with Gasteiger partial charge < -0.3 is 19.9 Å². The van der Waals surface area contributed by atoms with Crippen LogP contribution in [0, 0.1) is 0 Å². The maximum absolute atomic E-state index is 13.1. The number of piperidine rings is 1. The van der Waals surface area contributed by atoms with Gasteiger partial charge in [0.2, 0.25) is 0 Å². The van der Waals surface area contributed by atoms with Gasteiger partial charge in [0.05, 0.1) is 12.6 Å². The number of carbonyl (C=O) groups is 1. The lowest BCUT2D eigenvalue weighted by Gasteiger charge is -2.37. The highest BCUT2D eigenvalue weighted by Gasteiger charge is 2.27. The molecule has 1 N–H and O–H groups in total. The molecule has 1 aliphatic rings.